The fourth-order valence-electron chi connectivity index (χ4n) is 3.54. The molecular weight excluding hydrogens is 463 g/mol. The molecule has 2 N–H and O–H groups in total. The first-order valence-electron chi connectivity index (χ1n) is 9.85. The number of nitrogens with zero attached hydrogens (tertiary/aromatic N) is 4. The average Bonchev–Trinajstić information content (AvgIpc) is 2.84. The van der Waals surface area contributed by atoms with Crippen LogP contribution < -0.4 is 5.56 Å². The third-order valence-corrected chi connectivity index (χ3v) is 5.91. The molecule has 1 heterocycles. The molecular formula is C24H18Cl2N4O3. The highest BCUT2D eigenvalue weighted by atomic mass is 35.5. The summed E-state index contributed by atoms with van der Waals surface area (Å²) in [7, 11) is 0. The Kier molecular flexibility index (Phi) is 6.18. The summed E-state index contributed by atoms with van der Waals surface area (Å²) in [4.78, 5) is 13.3. The van der Waals surface area contributed by atoms with Crippen molar-refractivity contribution < 1.29 is 10.4 Å². The summed E-state index contributed by atoms with van der Waals surface area (Å²) >= 11 is 12.8. The highest BCUT2D eigenvalue weighted by Crippen LogP contribution is 2.31. The fraction of sp³-hybridized carbons (Fsp3) is 0.0833. The Balaban J connectivity index is 2.13. The Hall–Kier alpha value is -3.68. The topological polar surface area (TPSA) is 100 Å². The van der Waals surface area contributed by atoms with Crippen LogP contribution >= 0.6 is 23.2 Å². The molecule has 4 aromatic rings. The zero-order valence-electron chi connectivity index (χ0n) is 17.6. The second-order valence-corrected chi connectivity index (χ2v) is 8.17. The number of hydrogen-bond donors (Lipinski definition) is 2. The van der Waals surface area contributed by atoms with E-state index in [2.05, 4.69) is 15.4 Å². The van der Waals surface area contributed by atoms with Crippen LogP contribution in [-0.4, -0.2) is 31.6 Å². The molecule has 0 unspecified atom stereocenters. The minimum atomic E-state index is -0.373. The summed E-state index contributed by atoms with van der Waals surface area (Å²) < 4.78 is 1.19. The maximum absolute atomic E-state index is 13.3. The molecule has 0 fully saturated rings. The van der Waals surface area contributed by atoms with Gasteiger partial charge in [0.2, 0.25) is 0 Å². The van der Waals surface area contributed by atoms with E-state index < -0.39 is 0 Å². The lowest BCUT2D eigenvalue weighted by molar-refractivity contribution is 0.319. The van der Waals surface area contributed by atoms with Crippen LogP contribution in [0, 0.1) is 0 Å². The highest BCUT2D eigenvalue weighted by Gasteiger charge is 2.18. The predicted molar refractivity (Wildman–Crippen MR) is 131 cm³/mol. The maximum Gasteiger partial charge on any atom is 0.279 e. The van der Waals surface area contributed by atoms with E-state index >= 15 is 0 Å². The van der Waals surface area contributed by atoms with E-state index in [-0.39, 0.29) is 21.3 Å². The smallest absolute Gasteiger partial charge is 0.279 e. The monoisotopic (exact) mass is 480 g/mol. The van der Waals surface area contributed by atoms with E-state index in [1.54, 1.807) is 68.4 Å². The molecule has 33 heavy (non-hydrogen) atoms. The number of benzene rings is 3. The Morgan fingerprint density at radius 3 is 1.94 bits per heavy atom. The Morgan fingerprint density at radius 2 is 1.39 bits per heavy atom. The number of hydrogen-bond acceptors (Lipinski definition) is 6. The number of halogens is 2. The van der Waals surface area contributed by atoms with Gasteiger partial charge in [-0.15, -0.1) is 0 Å². The van der Waals surface area contributed by atoms with E-state index in [4.69, 9.17) is 23.2 Å². The molecule has 4 rings (SSSR count). The van der Waals surface area contributed by atoms with Crippen LogP contribution in [-0.2, 0) is 0 Å². The summed E-state index contributed by atoms with van der Waals surface area (Å²) in [5.41, 5.74) is 2.88. The molecule has 1 aromatic heterocycles. The van der Waals surface area contributed by atoms with Crippen LogP contribution in [0.2, 0.25) is 10.0 Å². The SMILES string of the molecule is C/C(=N\O)c1cc(/C(C)=N/O)cc(-c2nn(-c3c(Cl)cccc3Cl)c(=O)c3ccccc23)c1. The van der Waals surface area contributed by atoms with Gasteiger partial charge in [0.25, 0.3) is 5.56 Å². The van der Waals surface area contributed by atoms with Crippen LogP contribution in [0.1, 0.15) is 25.0 Å². The van der Waals surface area contributed by atoms with Gasteiger partial charge in [0, 0.05) is 22.1 Å². The molecule has 0 aliphatic rings. The number of oxime groups is 2. The second-order valence-electron chi connectivity index (χ2n) is 7.35. The Labute approximate surface area is 198 Å². The van der Waals surface area contributed by atoms with E-state index in [1.165, 1.54) is 4.68 Å². The average molecular weight is 481 g/mol. The van der Waals surface area contributed by atoms with Gasteiger partial charge in [-0.1, -0.05) is 57.8 Å². The van der Waals surface area contributed by atoms with Crippen LogP contribution in [0.3, 0.4) is 0 Å². The van der Waals surface area contributed by atoms with Crippen molar-refractivity contribution in [2.75, 3.05) is 0 Å². The Morgan fingerprint density at radius 1 is 0.848 bits per heavy atom. The molecule has 0 bridgehead atoms. The summed E-state index contributed by atoms with van der Waals surface area (Å²) in [5, 5.41) is 31.4. The summed E-state index contributed by atoms with van der Waals surface area (Å²) in [6.45, 7) is 3.29. The number of para-hydroxylation sites is 1. The number of rotatable bonds is 4. The molecule has 0 saturated heterocycles. The normalized spacial score (nSPS) is 12.4. The van der Waals surface area contributed by atoms with Crippen LogP contribution in [0.25, 0.3) is 27.7 Å². The molecule has 0 aliphatic heterocycles. The zero-order chi connectivity index (χ0) is 23.7. The first-order chi connectivity index (χ1) is 15.8. The predicted octanol–water partition coefficient (Wildman–Crippen LogP) is 5.76. The van der Waals surface area contributed by atoms with E-state index in [1.807, 2.05) is 6.07 Å². The highest BCUT2D eigenvalue weighted by molar-refractivity contribution is 6.37. The van der Waals surface area contributed by atoms with Crippen molar-refractivity contribution in [3.8, 4) is 16.9 Å². The molecule has 0 radical (unpaired) electrons. The first-order valence-corrected chi connectivity index (χ1v) is 10.6. The second kappa shape index (κ2) is 9.05. The number of fused-ring (bicyclic) bond motifs is 1. The van der Waals surface area contributed by atoms with E-state index in [9.17, 15) is 15.2 Å². The van der Waals surface area contributed by atoms with Crippen molar-refractivity contribution in [2.24, 2.45) is 10.3 Å². The summed E-state index contributed by atoms with van der Waals surface area (Å²) in [6, 6.07) is 17.3. The molecule has 0 spiro atoms. The van der Waals surface area contributed by atoms with Crippen molar-refractivity contribution in [1.82, 2.24) is 9.78 Å². The van der Waals surface area contributed by atoms with Crippen molar-refractivity contribution in [1.29, 1.82) is 0 Å². The molecule has 7 nitrogen and oxygen atoms in total. The van der Waals surface area contributed by atoms with Gasteiger partial charge < -0.3 is 10.4 Å². The van der Waals surface area contributed by atoms with Gasteiger partial charge in [-0.2, -0.15) is 9.78 Å². The Bertz CT molecular complexity index is 1450. The van der Waals surface area contributed by atoms with Gasteiger partial charge in [-0.3, -0.25) is 4.79 Å². The lowest BCUT2D eigenvalue weighted by Gasteiger charge is -2.15. The molecule has 0 atom stereocenters. The van der Waals surface area contributed by atoms with E-state index in [0.717, 1.165) is 0 Å². The summed E-state index contributed by atoms with van der Waals surface area (Å²) in [5.74, 6) is 0. The van der Waals surface area contributed by atoms with Crippen LogP contribution in [0.4, 0.5) is 0 Å². The quantitative estimate of drug-likeness (QED) is 0.220. The van der Waals surface area contributed by atoms with Gasteiger partial charge in [-0.05, 0) is 50.2 Å². The zero-order valence-corrected chi connectivity index (χ0v) is 19.1. The van der Waals surface area contributed by atoms with Gasteiger partial charge in [0.05, 0.1) is 32.5 Å². The van der Waals surface area contributed by atoms with Crippen LogP contribution in [0.15, 0.2) is 75.8 Å². The molecule has 166 valence electrons. The van der Waals surface area contributed by atoms with Gasteiger partial charge in [-0.25, -0.2) is 0 Å². The van der Waals surface area contributed by atoms with Gasteiger partial charge >= 0.3 is 0 Å². The third kappa shape index (κ3) is 4.08. The number of aromatic nitrogens is 2. The van der Waals surface area contributed by atoms with Crippen molar-refractivity contribution in [2.45, 2.75) is 13.8 Å². The minimum Gasteiger partial charge on any atom is -0.411 e. The van der Waals surface area contributed by atoms with Gasteiger partial charge in [0.15, 0.2) is 0 Å². The fourth-order valence-corrected chi connectivity index (χ4v) is 4.10. The molecule has 0 amide bonds. The van der Waals surface area contributed by atoms with Gasteiger partial charge in [0.1, 0.15) is 5.69 Å². The van der Waals surface area contributed by atoms with Crippen LogP contribution in [0.5, 0.6) is 0 Å². The summed E-state index contributed by atoms with van der Waals surface area (Å²) in [6.07, 6.45) is 0. The van der Waals surface area contributed by atoms with Crippen molar-refractivity contribution in [3.63, 3.8) is 0 Å². The lowest BCUT2D eigenvalue weighted by Crippen LogP contribution is -2.23. The van der Waals surface area contributed by atoms with Crippen molar-refractivity contribution in [3.05, 3.63) is 92.2 Å². The standard InChI is InChI=1S/C24H18Cl2N4O3/c1-13(28-32)15-10-16(14(2)29-33)12-17(11-15)22-18-6-3-4-7-19(18)24(31)30(27-22)23-20(25)8-5-9-21(23)26/h3-12,32-33H,1-2H3/b28-13+,29-14+. The molecule has 0 saturated carbocycles. The van der Waals surface area contributed by atoms with Crippen molar-refractivity contribution >= 4 is 45.4 Å². The minimum absolute atomic E-state index is 0.274. The molecule has 3 aromatic carbocycles. The lowest BCUT2D eigenvalue weighted by atomic mass is 9.97. The first kappa shape index (κ1) is 22.5. The third-order valence-electron chi connectivity index (χ3n) is 5.30. The largest absolute Gasteiger partial charge is 0.411 e. The maximum atomic E-state index is 13.3. The van der Waals surface area contributed by atoms with E-state index in [0.29, 0.717) is 44.6 Å². The molecule has 0 aliphatic carbocycles. The molecule has 9 heteroatoms.